The number of nitrogens with zero attached hydrogens (tertiary/aromatic N) is 2. The average Bonchev–Trinajstić information content (AvgIpc) is 1.03. The molecule has 16 rings (SSSR count). The molecule has 2 heteroatoms. The van der Waals surface area contributed by atoms with E-state index in [1.165, 1.54) is 109 Å². The fraction of sp³-hybridized carbons (Fsp3) is 0. The maximum absolute atomic E-state index is 2.43. The fourth-order valence-electron chi connectivity index (χ4n) is 13.2. The minimum absolute atomic E-state index is 1.08. The molecule has 402 valence electrons. The van der Waals surface area contributed by atoms with Crippen LogP contribution in [0.1, 0.15) is 0 Å². The van der Waals surface area contributed by atoms with Gasteiger partial charge >= 0.3 is 0 Å². The molecular formula is C84H56N2. The average molecular weight is 1090 g/mol. The smallest absolute Gasteiger partial charge is 0.0540 e. The molecule has 0 fully saturated rings. The number of anilines is 6. The van der Waals surface area contributed by atoms with E-state index in [0.717, 1.165) is 45.3 Å². The third-order valence-electron chi connectivity index (χ3n) is 17.4. The van der Waals surface area contributed by atoms with Crippen LogP contribution in [0.15, 0.2) is 340 Å². The van der Waals surface area contributed by atoms with E-state index in [1.807, 2.05) is 0 Å². The van der Waals surface area contributed by atoms with Gasteiger partial charge in [0.2, 0.25) is 0 Å². The molecule has 0 saturated carbocycles. The first-order valence-corrected chi connectivity index (χ1v) is 29.6. The van der Waals surface area contributed by atoms with Crippen molar-refractivity contribution in [2.45, 2.75) is 0 Å². The minimum Gasteiger partial charge on any atom is -0.310 e. The van der Waals surface area contributed by atoms with Gasteiger partial charge < -0.3 is 9.80 Å². The van der Waals surface area contributed by atoms with Crippen LogP contribution in [-0.4, -0.2) is 0 Å². The van der Waals surface area contributed by atoms with Gasteiger partial charge in [0.25, 0.3) is 0 Å². The lowest BCUT2D eigenvalue weighted by molar-refractivity contribution is 1.29. The molecule has 86 heavy (non-hydrogen) atoms. The van der Waals surface area contributed by atoms with Crippen molar-refractivity contribution >= 4 is 88.0 Å². The largest absolute Gasteiger partial charge is 0.310 e. The van der Waals surface area contributed by atoms with Gasteiger partial charge in [0, 0.05) is 33.9 Å². The molecular weight excluding hydrogens is 1040 g/mol. The fourth-order valence-corrected chi connectivity index (χ4v) is 13.2. The molecule has 0 radical (unpaired) electrons. The summed E-state index contributed by atoms with van der Waals surface area (Å²) in [5.74, 6) is 0. The molecule has 0 N–H and O–H groups in total. The molecule has 0 atom stereocenters. The van der Waals surface area contributed by atoms with Crippen molar-refractivity contribution in [1.82, 2.24) is 0 Å². The van der Waals surface area contributed by atoms with Gasteiger partial charge in [0.15, 0.2) is 0 Å². The van der Waals surface area contributed by atoms with Crippen molar-refractivity contribution in [2.75, 3.05) is 9.80 Å². The van der Waals surface area contributed by atoms with Crippen LogP contribution in [0.25, 0.3) is 121 Å². The van der Waals surface area contributed by atoms with Crippen molar-refractivity contribution in [3.8, 4) is 66.8 Å². The van der Waals surface area contributed by atoms with Gasteiger partial charge in [-0.1, -0.05) is 267 Å². The van der Waals surface area contributed by atoms with E-state index in [1.54, 1.807) is 0 Å². The van der Waals surface area contributed by atoms with Crippen LogP contribution in [0.5, 0.6) is 0 Å². The molecule has 2 nitrogen and oxygen atoms in total. The lowest BCUT2D eigenvalue weighted by Gasteiger charge is -2.29. The van der Waals surface area contributed by atoms with Crippen molar-refractivity contribution in [1.29, 1.82) is 0 Å². The quantitative estimate of drug-likeness (QED) is 0.113. The highest BCUT2D eigenvalue weighted by molar-refractivity contribution is 6.27. The van der Waals surface area contributed by atoms with E-state index in [9.17, 15) is 0 Å². The van der Waals surface area contributed by atoms with Crippen LogP contribution >= 0.6 is 0 Å². The highest BCUT2D eigenvalue weighted by Crippen LogP contribution is 2.48. The Morgan fingerprint density at radius 2 is 0.465 bits per heavy atom. The highest BCUT2D eigenvalue weighted by atomic mass is 15.1. The van der Waals surface area contributed by atoms with Crippen molar-refractivity contribution in [2.24, 2.45) is 0 Å². The number of rotatable bonds is 12. The van der Waals surface area contributed by atoms with E-state index in [4.69, 9.17) is 0 Å². The van der Waals surface area contributed by atoms with E-state index in [-0.39, 0.29) is 0 Å². The van der Waals surface area contributed by atoms with Crippen LogP contribution in [0.4, 0.5) is 34.1 Å². The van der Waals surface area contributed by atoms with Crippen molar-refractivity contribution < 1.29 is 0 Å². The Labute approximate surface area is 501 Å². The molecule has 16 aromatic carbocycles. The number of benzene rings is 16. The highest BCUT2D eigenvalue weighted by Gasteiger charge is 2.23. The summed E-state index contributed by atoms with van der Waals surface area (Å²) >= 11 is 0. The summed E-state index contributed by atoms with van der Waals surface area (Å²) < 4.78 is 0. The Morgan fingerprint density at radius 1 is 0.163 bits per heavy atom. The Bertz CT molecular complexity index is 4810. The minimum atomic E-state index is 1.08. The van der Waals surface area contributed by atoms with Crippen molar-refractivity contribution in [3.63, 3.8) is 0 Å². The third-order valence-corrected chi connectivity index (χ3v) is 17.4. The van der Waals surface area contributed by atoms with Gasteiger partial charge in [-0.15, -0.1) is 0 Å². The Kier molecular flexibility index (Phi) is 12.6. The van der Waals surface area contributed by atoms with E-state index in [2.05, 4.69) is 350 Å². The maximum atomic E-state index is 2.43. The number of fused-ring (bicyclic) bond motifs is 2. The topological polar surface area (TPSA) is 6.48 Å². The zero-order valence-electron chi connectivity index (χ0n) is 47.2. The van der Waals surface area contributed by atoms with Gasteiger partial charge in [-0.05, 0) is 182 Å². The third kappa shape index (κ3) is 9.09. The van der Waals surface area contributed by atoms with E-state index in [0.29, 0.717) is 0 Å². The SMILES string of the molecule is c1ccc(-c2ccc(N(c3ccc(-c4ccc5ccc6c(-c7ccc(N(c8ccc9ccccc9c8)c8ccc(-c9ccccc9)cc8-c8ccccc8)cc7)ccc7ccc4c5c76)cc3)c3ccc4ccccc4c3)c(-c3ccccc3)c2)cc1. The van der Waals surface area contributed by atoms with Crippen LogP contribution in [0.3, 0.4) is 0 Å². The first-order valence-electron chi connectivity index (χ1n) is 29.6. The van der Waals surface area contributed by atoms with E-state index < -0.39 is 0 Å². The zero-order valence-corrected chi connectivity index (χ0v) is 47.2. The summed E-state index contributed by atoms with van der Waals surface area (Å²) in [4.78, 5) is 4.86. The molecule has 0 aliphatic heterocycles. The molecule has 0 aliphatic carbocycles. The molecule has 0 aliphatic rings. The first-order chi connectivity index (χ1) is 42.6. The van der Waals surface area contributed by atoms with E-state index >= 15 is 0 Å². The van der Waals surface area contributed by atoms with Crippen LogP contribution in [0, 0.1) is 0 Å². The second kappa shape index (κ2) is 21.5. The predicted molar refractivity (Wildman–Crippen MR) is 367 cm³/mol. The molecule has 0 bridgehead atoms. The molecule has 0 amide bonds. The van der Waals surface area contributed by atoms with Crippen molar-refractivity contribution in [3.05, 3.63) is 340 Å². The summed E-state index contributed by atoms with van der Waals surface area (Å²) in [5, 5.41) is 12.4. The lowest BCUT2D eigenvalue weighted by atomic mass is 9.87. The standard InChI is InChI=1S/C84H56N2/c1-5-17-57(18-6-1)69-39-51-81(79(55-69)61-23-9-3-10-24-61)85(73-45-29-59-21-13-15-27-67(59)53-73)71-41-31-63(32-42-71)75-47-35-65-38-50-78-76(48-36-66-37-49-77(75)83(65)84(66)78)64-33-43-72(44-34-64)86(74-46-30-60-22-14-16-28-68(60)54-74)82-52-40-70(58-19-7-2-8-20-58)56-80(82)62-25-11-4-12-26-62/h1-56H. The summed E-state index contributed by atoms with van der Waals surface area (Å²) in [6.07, 6.45) is 0. The zero-order chi connectivity index (χ0) is 56.9. The Morgan fingerprint density at radius 3 is 0.860 bits per heavy atom. The second-order valence-electron chi connectivity index (χ2n) is 22.4. The number of hydrogen-bond acceptors (Lipinski definition) is 2. The van der Waals surface area contributed by atoms with Crippen LogP contribution in [0.2, 0.25) is 0 Å². The van der Waals surface area contributed by atoms with Gasteiger partial charge in [0.1, 0.15) is 0 Å². The summed E-state index contributed by atoms with van der Waals surface area (Å²) in [6.45, 7) is 0. The molecule has 0 heterocycles. The van der Waals surface area contributed by atoms with Crippen LogP contribution in [-0.2, 0) is 0 Å². The van der Waals surface area contributed by atoms with Crippen LogP contribution < -0.4 is 9.80 Å². The molecule has 0 saturated heterocycles. The number of hydrogen-bond donors (Lipinski definition) is 0. The summed E-state index contributed by atoms with van der Waals surface area (Å²) in [5.41, 5.74) is 20.8. The molecule has 0 aromatic heterocycles. The predicted octanol–water partition coefficient (Wildman–Crippen LogP) is 23.8. The van der Waals surface area contributed by atoms with Gasteiger partial charge in [-0.25, -0.2) is 0 Å². The first kappa shape index (κ1) is 50.4. The Hall–Kier alpha value is -11.3. The molecule has 0 spiro atoms. The summed E-state index contributed by atoms with van der Waals surface area (Å²) in [6, 6.07) is 125. The van der Waals surface area contributed by atoms with Gasteiger partial charge in [0.05, 0.1) is 11.4 Å². The summed E-state index contributed by atoms with van der Waals surface area (Å²) in [7, 11) is 0. The normalized spacial score (nSPS) is 11.5. The van der Waals surface area contributed by atoms with Gasteiger partial charge in [-0.3, -0.25) is 0 Å². The maximum Gasteiger partial charge on any atom is 0.0540 e. The monoisotopic (exact) mass is 1090 g/mol. The lowest BCUT2D eigenvalue weighted by Crippen LogP contribution is -2.11. The molecule has 16 aromatic rings. The second-order valence-corrected chi connectivity index (χ2v) is 22.4. The van der Waals surface area contributed by atoms with Gasteiger partial charge in [-0.2, -0.15) is 0 Å². The molecule has 0 unspecified atom stereocenters. The Balaban J connectivity index is 0.791.